The van der Waals surface area contributed by atoms with E-state index in [1.54, 1.807) is 53.1 Å². The normalized spacial score (nSPS) is 11.6. The van der Waals surface area contributed by atoms with Gasteiger partial charge >= 0.3 is 10.1 Å². The summed E-state index contributed by atoms with van der Waals surface area (Å²) in [5, 5.41) is 16.0. The van der Waals surface area contributed by atoms with Crippen molar-refractivity contribution in [1.29, 1.82) is 0 Å². The van der Waals surface area contributed by atoms with Crippen molar-refractivity contribution >= 4 is 65.7 Å². The molecule has 0 saturated carbocycles. The Bertz CT molecular complexity index is 2050. The van der Waals surface area contributed by atoms with Crippen molar-refractivity contribution in [1.82, 2.24) is 9.99 Å². The van der Waals surface area contributed by atoms with E-state index < -0.39 is 31.5 Å². The zero-order valence-corrected chi connectivity index (χ0v) is 24.7. The highest BCUT2D eigenvalue weighted by Gasteiger charge is 2.24. The number of rotatable bonds is 9. The van der Waals surface area contributed by atoms with Crippen LogP contribution in [0, 0.1) is 10.1 Å². The number of hydrazone groups is 1. The van der Waals surface area contributed by atoms with E-state index >= 15 is 0 Å². The Labute approximate surface area is 252 Å². The van der Waals surface area contributed by atoms with Crippen LogP contribution in [0.1, 0.15) is 5.56 Å². The summed E-state index contributed by atoms with van der Waals surface area (Å²) in [4.78, 5) is 35.8. The van der Waals surface area contributed by atoms with Gasteiger partial charge in [0.05, 0.1) is 33.8 Å². The molecule has 218 valence electrons. The average Bonchev–Trinajstić information content (AvgIpc) is 3.00. The maximum atomic E-state index is 12.9. The Morgan fingerprint density at radius 3 is 2.30 bits per heavy atom. The lowest BCUT2D eigenvalue weighted by atomic mass is 10.1. The fraction of sp³-hybridized carbons (Fsp3) is 0.0690. The Hall–Kier alpha value is -5.08. The number of carbonyl (C=O) groups is 1. The minimum Gasteiger partial charge on any atom is -0.493 e. The lowest BCUT2D eigenvalue weighted by molar-refractivity contribution is -0.385. The summed E-state index contributed by atoms with van der Waals surface area (Å²) in [6.07, 6.45) is 1.33. The van der Waals surface area contributed by atoms with Crippen LogP contribution in [0.25, 0.3) is 21.8 Å². The van der Waals surface area contributed by atoms with Gasteiger partial charge in [-0.05, 0) is 64.0 Å². The molecule has 0 spiro atoms. The van der Waals surface area contributed by atoms with Gasteiger partial charge in [-0.1, -0.05) is 30.3 Å². The first-order valence-electron chi connectivity index (χ1n) is 12.5. The second-order valence-corrected chi connectivity index (χ2v) is 11.5. The first kappa shape index (κ1) is 29.4. The van der Waals surface area contributed by atoms with Crippen molar-refractivity contribution in [2.75, 3.05) is 7.11 Å². The van der Waals surface area contributed by atoms with Gasteiger partial charge in [0, 0.05) is 22.9 Å². The van der Waals surface area contributed by atoms with Gasteiger partial charge in [-0.25, -0.2) is 5.43 Å². The van der Waals surface area contributed by atoms with Crippen molar-refractivity contribution < 1.29 is 27.1 Å². The number of methoxy groups -OCH3 is 1. The number of hydrogen-bond acceptors (Lipinski definition) is 9. The number of nitrogens with one attached hydrogen (secondary N) is 1. The molecule has 0 aliphatic carbocycles. The molecule has 0 aliphatic rings. The predicted octanol–water partition coefficient (Wildman–Crippen LogP) is 4.75. The zero-order chi connectivity index (χ0) is 30.7. The van der Waals surface area contributed by atoms with E-state index in [-0.39, 0.29) is 27.9 Å². The second kappa shape index (κ2) is 12.0. The van der Waals surface area contributed by atoms with Crippen LogP contribution in [-0.4, -0.2) is 37.1 Å². The summed E-state index contributed by atoms with van der Waals surface area (Å²) in [6.45, 7) is -0.117. The molecule has 1 amide bonds. The number of nitrogens with zero attached hydrogens (tertiary/aromatic N) is 3. The number of ether oxygens (including phenoxy) is 1. The van der Waals surface area contributed by atoms with Gasteiger partial charge in [0.1, 0.15) is 11.4 Å². The molecule has 5 aromatic rings. The van der Waals surface area contributed by atoms with Crippen LogP contribution in [0.2, 0.25) is 0 Å². The quantitative estimate of drug-likeness (QED) is 0.0777. The SMILES string of the molecule is COc1cc(/C=N\NC(=O)Cn2c3ccccc3c(=O)c3ccccc32)cc(Br)c1OS(=O)(=O)c1cccc([N+](=O)[O-])c1. The number of benzene rings is 4. The summed E-state index contributed by atoms with van der Waals surface area (Å²) in [5.41, 5.74) is 3.56. The maximum absolute atomic E-state index is 12.9. The van der Waals surface area contributed by atoms with Crippen LogP contribution in [-0.2, 0) is 21.5 Å². The molecule has 0 bridgehead atoms. The lowest BCUT2D eigenvalue weighted by Gasteiger charge is -2.14. The van der Waals surface area contributed by atoms with E-state index in [2.05, 4.69) is 26.5 Å². The summed E-state index contributed by atoms with van der Waals surface area (Å²) in [6, 6.07) is 21.4. The number of nitro benzene ring substituents is 1. The third-order valence-corrected chi connectivity index (χ3v) is 8.15. The van der Waals surface area contributed by atoms with Crippen LogP contribution in [0.5, 0.6) is 11.5 Å². The van der Waals surface area contributed by atoms with Gasteiger partial charge in [0.2, 0.25) is 0 Å². The van der Waals surface area contributed by atoms with E-state index in [1.165, 1.54) is 37.6 Å². The zero-order valence-electron chi connectivity index (χ0n) is 22.3. The van der Waals surface area contributed by atoms with Gasteiger partial charge in [-0.2, -0.15) is 13.5 Å². The second-order valence-electron chi connectivity index (χ2n) is 9.07. The maximum Gasteiger partial charge on any atom is 0.339 e. The Balaban J connectivity index is 1.36. The largest absolute Gasteiger partial charge is 0.493 e. The summed E-state index contributed by atoms with van der Waals surface area (Å²) in [5.74, 6) is -0.626. The first-order chi connectivity index (χ1) is 20.6. The number of aromatic nitrogens is 1. The number of fused-ring (bicyclic) bond motifs is 2. The summed E-state index contributed by atoms with van der Waals surface area (Å²) >= 11 is 3.26. The molecule has 0 saturated heterocycles. The van der Waals surface area contributed by atoms with Crippen molar-refractivity contribution in [2.24, 2.45) is 5.10 Å². The van der Waals surface area contributed by atoms with Gasteiger partial charge < -0.3 is 13.5 Å². The summed E-state index contributed by atoms with van der Waals surface area (Å²) in [7, 11) is -3.15. The number of nitro groups is 1. The van der Waals surface area contributed by atoms with Crippen LogP contribution >= 0.6 is 15.9 Å². The van der Waals surface area contributed by atoms with Crippen LogP contribution in [0.15, 0.2) is 104 Å². The Morgan fingerprint density at radius 2 is 1.67 bits per heavy atom. The Morgan fingerprint density at radius 1 is 1.02 bits per heavy atom. The van der Waals surface area contributed by atoms with E-state index in [0.29, 0.717) is 27.4 Å². The molecule has 14 heteroatoms. The highest BCUT2D eigenvalue weighted by molar-refractivity contribution is 9.10. The fourth-order valence-electron chi connectivity index (χ4n) is 4.41. The van der Waals surface area contributed by atoms with E-state index in [0.717, 1.165) is 12.1 Å². The number of pyridine rings is 1. The molecule has 12 nitrogen and oxygen atoms in total. The molecular weight excluding hydrogens is 644 g/mol. The number of para-hydroxylation sites is 2. The molecule has 5 rings (SSSR count). The molecule has 0 fully saturated rings. The number of carbonyl (C=O) groups excluding carboxylic acids is 1. The van der Waals surface area contributed by atoms with Gasteiger partial charge in [-0.15, -0.1) is 0 Å². The number of non-ortho nitro benzene ring substituents is 1. The van der Waals surface area contributed by atoms with Gasteiger partial charge in [0.15, 0.2) is 16.9 Å². The minimum absolute atomic E-state index is 0.0161. The highest BCUT2D eigenvalue weighted by Crippen LogP contribution is 2.38. The minimum atomic E-state index is -4.46. The van der Waals surface area contributed by atoms with Crippen LogP contribution < -0.4 is 19.8 Å². The van der Waals surface area contributed by atoms with E-state index in [4.69, 9.17) is 8.92 Å². The first-order valence-corrected chi connectivity index (χ1v) is 14.7. The Kier molecular flexibility index (Phi) is 8.23. The van der Waals surface area contributed by atoms with Crippen molar-refractivity contribution in [3.8, 4) is 11.5 Å². The molecule has 0 unspecified atom stereocenters. The molecule has 43 heavy (non-hydrogen) atoms. The van der Waals surface area contributed by atoms with Crippen molar-refractivity contribution in [3.63, 3.8) is 0 Å². The molecular formula is C29H21BrN4O8S. The molecule has 0 radical (unpaired) electrons. The van der Waals surface area contributed by atoms with Crippen molar-refractivity contribution in [3.05, 3.63) is 115 Å². The third kappa shape index (κ3) is 6.10. The van der Waals surface area contributed by atoms with E-state index in [9.17, 15) is 28.1 Å². The topological polar surface area (TPSA) is 159 Å². The third-order valence-electron chi connectivity index (χ3n) is 6.35. The molecule has 1 heterocycles. The fourth-order valence-corrected chi connectivity index (χ4v) is 6.06. The molecule has 4 aromatic carbocycles. The smallest absolute Gasteiger partial charge is 0.339 e. The summed E-state index contributed by atoms with van der Waals surface area (Å²) < 4.78 is 38.2. The molecule has 1 aromatic heterocycles. The van der Waals surface area contributed by atoms with E-state index in [1.807, 2.05) is 0 Å². The monoisotopic (exact) mass is 664 g/mol. The lowest BCUT2D eigenvalue weighted by Crippen LogP contribution is -2.25. The number of amides is 1. The van der Waals surface area contributed by atoms with Crippen molar-refractivity contribution in [2.45, 2.75) is 11.4 Å². The standard InChI is InChI=1S/C29H21BrN4O8S/c1-41-26-14-18(13-23(30)29(26)42-43(39,40)20-8-6-7-19(15-20)34(37)38)16-31-32-27(35)17-33-24-11-4-2-9-21(24)28(36)22-10-3-5-12-25(22)33/h2-16H,17H2,1H3,(H,32,35)/b31-16-. The molecule has 0 atom stereocenters. The molecule has 1 N–H and O–H groups in total. The highest BCUT2D eigenvalue weighted by atomic mass is 79.9. The molecule has 0 aliphatic heterocycles. The number of halogens is 1. The van der Waals surface area contributed by atoms with Crippen LogP contribution in [0.3, 0.4) is 0 Å². The average molecular weight is 665 g/mol. The predicted molar refractivity (Wildman–Crippen MR) is 163 cm³/mol. The van der Waals surface area contributed by atoms with Crippen LogP contribution in [0.4, 0.5) is 5.69 Å². The number of hydrogen-bond donors (Lipinski definition) is 1. The van der Waals surface area contributed by atoms with Gasteiger partial charge in [0.25, 0.3) is 11.6 Å². The van der Waals surface area contributed by atoms with Gasteiger partial charge in [-0.3, -0.25) is 19.7 Å².